The number of carbonyl (C=O) groups excluding carboxylic acids is 3. The van der Waals surface area contributed by atoms with Crippen LogP contribution in [0.5, 0.6) is 17.2 Å². The second-order valence-electron chi connectivity index (χ2n) is 9.36. The molecule has 1 saturated heterocycles. The van der Waals surface area contributed by atoms with Gasteiger partial charge in [-0.05, 0) is 50.1 Å². The summed E-state index contributed by atoms with van der Waals surface area (Å²) in [7, 11) is 0. The van der Waals surface area contributed by atoms with Gasteiger partial charge >= 0.3 is 11.9 Å². The summed E-state index contributed by atoms with van der Waals surface area (Å²) in [6.07, 6.45) is 3.22. The molecule has 0 spiro atoms. The van der Waals surface area contributed by atoms with E-state index >= 15 is 0 Å². The molecule has 11 heteroatoms. The molecule has 42 heavy (non-hydrogen) atoms. The van der Waals surface area contributed by atoms with E-state index in [-0.39, 0.29) is 45.9 Å². The summed E-state index contributed by atoms with van der Waals surface area (Å²) in [5.74, 6) is -2.44. The van der Waals surface area contributed by atoms with E-state index in [2.05, 4.69) is 11.6 Å². The maximum absolute atomic E-state index is 13.6. The highest BCUT2D eigenvalue weighted by Crippen LogP contribution is 2.45. The molecule has 1 aromatic heterocycles. The highest BCUT2D eigenvalue weighted by molar-refractivity contribution is 7.17. The molecule has 220 valence electrons. The SMILES string of the molecule is C=CCOC(=O)c1sc(N2C(=O)C(=O)/C(=C(/O)c3cccc(OCCCC)c3)C2c2ccc(O)c(OCC)c2)nc1C. The van der Waals surface area contributed by atoms with Crippen molar-refractivity contribution in [3.63, 3.8) is 0 Å². The van der Waals surface area contributed by atoms with Crippen molar-refractivity contribution >= 4 is 39.9 Å². The lowest BCUT2D eigenvalue weighted by Gasteiger charge is -2.23. The van der Waals surface area contributed by atoms with Crippen molar-refractivity contribution in [2.75, 3.05) is 24.7 Å². The van der Waals surface area contributed by atoms with Gasteiger partial charge < -0.3 is 24.4 Å². The van der Waals surface area contributed by atoms with E-state index in [4.69, 9.17) is 14.2 Å². The Bertz CT molecular complexity index is 1540. The van der Waals surface area contributed by atoms with Gasteiger partial charge in [0.15, 0.2) is 16.6 Å². The van der Waals surface area contributed by atoms with Crippen molar-refractivity contribution in [2.45, 2.75) is 39.7 Å². The quantitative estimate of drug-likeness (QED) is 0.0677. The molecular formula is C31H32N2O8S. The van der Waals surface area contributed by atoms with Crippen molar-refractivity contribution in [2.24, 2.45) is 0 Å². The second kappa shape index (κ2) is 13.3. The fraction of sp³-hybridized carbons (Fsp3) is 0.290. The zero-order valence-electron chi connectivity index (χ0n) is 23.6. The smallest absolute Gasteiger partial charge is 0.350 e. The highest BCUT2D eigenvalue weighted by atomic mass is 32.1. The van der Waals surface area contributed by atoms with Gasteiger partial charge in [-0.3, -0.25) is 14.5 Å². The number of carbonyl (C=O) groups is 3. The van der Waals surface area contributed by atoms with Crippen LogP contribution in [0.1, 0.15) is 59.2 Å². The van der Waals surface area contributed by atoms with Crippen LogP contribution in [0.25, 0.3) is 5.76 Å². The summed E-state index contributed by atoms with van der Waals surface area (Å²) >= 11 is 0.888. The molecule has 1 aliphatic rings. The van der Waals surface area contributed by atoms with Crippen LogP contribution in [0.4, 0.5) is 5.13 Å². The first kappa shape index (κ1) is 30.3. The Balaban J connectivity index is 1.87. The summed E-state index contributed by atoms with van der Waals surface area (Å²) < 4.78 is 16.5. The normalized spacial score (nSPS) is 16.0. The lowest BCUT2D eigenvalue weighted by Crippen LogP contribution is -2.29. The monoisotopic (exact) mass is 592 g/mol. The van der Waals surface area contributed by atoms with E-state index in [9.17, 15) is 24.6 Å². The predicted octanol–water partition coefficient (Wildman–Crippen LogP) is 5.70. The number of phenolic OH excluding ortho intramolecular Hbond substituents is 1. The molecule has 0 aliphatic carbocycles. The largest absolute Gasteiger partial charge is 0.507 e. The van der Waals surface area contributed by atoms with Gasteiger partial charge in [-0.2, -0.15) is 0 Å². The van der Waals surface area contributed by atoms with Gasteiger partial charge in [0.1, 0.15) is 23.0 Å². The van der Waals surface area contributed by atoms with Crippen LogP contribution in [-0.4, -0.2) is 52.7 Å². The number of phenols is 1. The summed E-state index contributed by atoms with van der Waals surface area (Å²) in [6.45, 7) is 9.65. The molecule has 10 nitrogen and oxygen atoms in total. The first-order valence-corrected chi connectivity index (χ1v) is 14.3. The predicted molar refractivity (Wildman–Crippen MR) is 158 cm³/mol. The first-order chi connectivity index (χ1) is 20.2. The number of esters is 1. The number of hydrogen-bond donors (Lipinski definition) is 2. The van der Waals surface area contributed by atoms with Gasteiger partial charge in [-0.15, -0.1) is 0 Å². The Morgan fingerprint density at radius 1 is 1.17 bits per heavy atom. The molecule has 1 unspecified atom stereocenters. The molecule has 1 fully saturated rings. The van der Waals surface area contributed by atoms with Crippen LogP contribution in [-0.2, 0) is 14.3 Å². The number of aromatic hydroxyl groups is 1. The molecular weight excluding hydrogens is 560 g/mol. The van der Waals surface area contributed by atoms with E-state index in [1.165, 1.54) is 24.3 Å². The number of aryl methyl sites for hydroxylation is 1. The Labute approximate surface area is 247 Å². The Kier molecular flexibility index (Phi) is 9.64. The number of ketones is 1. The molecule has 4 rings (SSSR count). The van der Waals surface area contributed by atoms with Crippen LogP contribution < -0.4 is 14.4 Å². The van der Waals surface area contributed by atoms with Crippen molar-refractivity contribution < 1.29 is 38.8 Å². The average Bonchev–Trinajstić information content (AvgIpc) is 3.49. The number of ether oxygens (including phenoxy) is 3. The van der Waals surface area contributed by atoms with Gasteiger partial charge in [0.2, 0.25) is 0 Å². The van der Waals surface area contributed by atoms with Crippen LogP contribution in [0.15, 0.2) is 60.7 Å². The Morgan fingerprint density at radius 2 is 1.95 bits per heavy atom. The number of anilines is 1. The molecule has 1 amide bonds. The number of unbranched alkanes of at least 4 members (excludes halogenated alkanes) is 1. The van der Waals surface area contributed by atoms with Gasteiger partial charge in [-0.25, -0.2) is 9.78 Å². The topological polar surface area (TPSA) is 135 Å². The third kappa shape index (κ3) is 6.15. The molecule has 0 radical (unpaired) electrons. The van der Waals surface area contributed by atoms with Crippen LogP contribution >= 0.6 is 11.3 Å². The summed E-state index contributed by atoms with van der Waals surface area (Å²) in [5, 5.41) is 21.9. The fourth-order valence-electron chi connectivity index (χ4n) is 4.41. The molecule has 0 bridgehead atoms. The molecule has 2 aromatic carbocycles. The summed E-state index contributed by atoms with van der Waals surface area (Å²) in [4.78, 5) is 45.5. The standard InChI is InChI=1S/C31H32N2O8S/c1-5-8-15-40-21-11-9-10-20(16-21)26(35)24-25(19-12-13-22(34)23(17-19)39-7-3)33(29(37)27(24)36)31-32-18(4)28(42-31)30(38)41-14-6-2/h6,9-13,16-17,25,34-35H,2,5,7-8,14-15H2,1,3-4H3/b26-24+. The third-order valence-electron chi connectivity index (χ3n) is 6.43. The van der Waals surface area contributed by atoms with Crippen LogP contribution in [0.2, 0.25) is 0 Å². The lowest BCUT2D eigenvalue weighted by atomic mass is 9.95. The number of thiazole rings is 1. The maximum Gasteiger partial charge on any atom is 0.350 e. The van der Waals surface area contributed by atoms with Crippen molar-refractivity contribution in [1.82, 2.24) is 4.98 Å². The zero-order valence-corrected chi connectivity index (χ0v) is 24.4. The molecule has 2 N–H and O–H groups in total. The van der Waals surface area contributed by atoms with E-state index < -0.39 is 29.5 Å². The zero-order chi connectivity index (χ0) is 30.4. The number of aliphatic hydroxyl groups is 1. The van der Waals surface area contributed by atoms with E-state index in [0.717, 1.165) is 29.1 Å². The number of nitrogens with zero attached hydrogens (tertiary/aromatic N) is 2. The molecule has 0 saturated carbocycles. The van der Waals surface area contributed by atoms with E-state index in [0.29, 0.717) is 23.6 Å². The Hall–Kier alpha value is -4.64. The maximum atomic E-state index is 13.6. The first-order valence-electron chi connectivity index (χ1n) is 13.5. The van der Waals surface area contributed by atoms with Crippen molar-refractivity contribution in [3.8, 4) is 17.2 Å². The van der Waals surface area contributed by atoms with Gasteiger partial charge in [0.25, 0.3) is 5.78 Å². The van der Waals surface area contributed by atoms with Crippen LogP contribution in [0.3, 0.4) is 0 Å². The number of aliphatic hydroxyl groups excluding tert-OH is 1. The average molecular weight is 593 g/mol. The van der Waals surface area contributed by atoms with Gasteiger partial charge in [0, 0.05) is 5.56 Å². The fourth-order valence-corrected chi connectivity index (χ4v) is 5.40. The minimum absolute atomic E-state index is 0.00897. The van der Waals surface area contributed by atoms with Gasteiger partial charge in [-0.1, -0.05) is 55.5 Å². The van der Waals surface area contributed by atoms with E-state index in [1.54, 1.807) is 38.1 Å². The van der Waals surface area contributed by atoms with E-state index in [1.807, 2.05) is 6.92 Å². The summed E-state index contributed by atoms with van der Waals surface area (Å²) in [6, 6.07) is 9.88. The minimum atomic E-state index is -1.16. The van der Waals surface area contributed by atoms with Crippen molar-refractivity contribution in [1.29, 1.82) is 0 Å². The lowest BCUT2D eigenvalue weighted by molar-refractivity contribution is -0.132. The van der Waals surface area contributed by atoms with Gasteiger partial charge in [0.05, 0.1) is 30.5 Å². The highest BCUT2D eigenvalue weighted by Gasteiger charge is 2.48. The third-order valence-corrected chi connectivity index (χ3v) is 7.56. The molecule has 1 atom stereocenters. The number of hydrogen-bond acceptors (Lipinski definition) is 10. The second-order valence-corrected chi connectivity index (χ2v) is 10.3. The number of amides is 1. The number of rotatable bonds is 12. The number of Topliss-reactive ketones (excluding diaryl/α,β-unsaturated/α-hetero) is 1. The number of aromatic nitrogens is 1. The molecule has 3 aromatic rings. The van der Waals surface area contributed by atoms with Crippen LogP contribution in [0, 0.1) is 6.92 Å². The summed E-state index contributed by atoms with van der Waals surface area (Å²) in [5.41, 5.74) is 0.764. The Morgan fingerprint density at radius 3 is 2.67 bits per heavy atom. The van der Waals surface area contributed by atoms with Crippen molar-refractivity contribution in [3.05, 3.63) is 82.4 Å². The number of benzene rings is 2. The molecule has 1 aliphatic heterocycles. The molecule has 2 heterocycles. The minimum Gasteiger partial charge on any atom is -0.507 e.